The van der Waals surface area contributed by atoms with Crippen LogP contribution in [0, 0.1) is 0 Å². The summed E-state index contributed by atoms with van der Waals surface area (Å²) in [5.74, 6) is 0. The van der Waals surface area contributed by atoms with Gasteiger partial charge in [0.1, 0.15) is 0 Å². The molecule has 0 aliphatic rings. The third kappa shape index (κ3) is 3.83. The Balaban J connectivity index is 2.19. The monoisotopic (exact) mass is 267 g/mol. The van der Waals surface area contributed by atoms with Crippen LogP contribution in [0.4, 0.5) is 0 Å². The molecule has 0 bridgehead atoms. The number of hydrogen-bond donors (Lipinski definition) is 2. The van der Waals surface area contributed by atoms with Crippen LogP contribution in [0.2, 0.25) is 0 Å². The van der Waals surface area contributed by atoms with E-state index in [9.17, 15) is 9.79 Å². The standard InChI is InChI=1S/C12H15NO2P2/c14-17(15,16)9-12-7-6-11(8-13-12)10-4-2-1-3-5-10/h1-8,14-15,17H,9,16H2. The van der Waals surface area contributed by atoms with Gasteiger partial charge in [0.2, 0.25) is 0 Å². The SMILES string of the molecule is O[PH](O)(P)Cc1ccc(-c2ccccc2)cn1. The molecule has 0 spiro atoms. The van der Waals surface area contributed by atoms with Crippen LogP contribution < -0.4 is 0 Å². The summed E-state index contributed by atoms with van der Waals surface area (Å²) < 4.78 is 0. The molecule has 2 N–H and O–H groups in total. The van der Waals surface area contributed by atoms with E-state index in [0.29, 0.717) is 5.69 Å². The Morgan fingerprint density at radius 1 is 1.00 bits per heavy atom. The zero-order valence-electron chi connectivity index (χ0n) is 9.24. The molecule has 2 aromatic rings. The second-order valence-electron chi connectivity index (χ2n) is 3.96. The summed E-state index contributed by atoms with van der Waals surface area (Å²) in [6.07, 6.45) is 1.99. The van der Waals surface area contributed by atoms with Crippen molar-refractivity contribution in [3.8, 4) is 11.1 Å². The molecular weight excluding hydrogens is 252 g/mol. The molecule has 17 heavy (non-hydrogen) atoms. The van der Waals surface area contributed by atoms with Crippen molar-refractivity contribution in [1.82, 2.24) is 4.98 Å². The van der Waals surface area contributed by atoms with Crippen LogP contribution in [0.25, 0.3) is 11.1 Å². The molecule has 0 radical (unpaired) electrons. The Labute approximate surface area is 103 Å². The Morgan fingerprint density at radius 3 is 2.24 bits per heavy atom. The molecule has 1 unspecified atom stereocenters. The molecule has 5 heteroatoms. The van der Waals surface area contributed by atoms with Gasteiger partial charge in [0.15, 0.2) is 0 Å². The van der Waals surface area contributed by atoms with Crippen LogP contribution >= 0.6 is 16.3 Å². The fraction of sp³-hybridized carbons (Fsp3) is 0.0833. The van der Waals surface area contributed by atoms with Gasteiger partial charge in [-0.25, -0.2) is 0 Å². The van der Waals surface area contributed by atoms with Gasteiger partial charge in [-0.15, -0.1) is 0 Å². The van der Waals surface area contributed by atoms with Crippen molar-refractivity contribution in [2.45, 2.75) is 6.16 Å². The molecule has 2 rings (SSSR count). The van der Waals surface area contributed by atoms with Crippen LogP contribution in [0.5, 0.6) is 0 Å². The maximum absolute atomic E-state index is 9.37. The number of aromatic nitrogens is 1. The van der Waals surface area contributed by atoms with E-state index in [0.717, 1.165) is 11.1 Å². The van der Waals surface area contributed by atoms with Gasteiger partial charge in [-0.2, -0.15) is 0 Å². The van der Waals surface area contributed by atoms with Crippen molar-refractivity contribution in [3.63, 3.8) is 0 Å². The summed E-state index contributed by atoms with van der Waals surface area (Å²) in [6, 6.07) is 13.7. The first-order chi connectivity index (χ1) is 8.04. The maximum atomic E-state index is 9.37. The zero-order chi connectivity index (χ0) is 12.3. The van der Waals surface area contributed by atoms with E-state index in [1.54, 1.807) is 6.20 Å². The molecule has 90 valence electrons. The van der Waals surface area contributed by atoms with E-state index in [-0.39, 0.29) is 6.16 Å². The molecule has 0 fully saturated rings. The molecule has 0 aliphatic heterocycles. The van der Waals surface area contributed by atoms with E-state index in [1.807, 2.05) is 42.5 Å². The van der Waals surface area contributed by atoms with Gasteiger partial charge in [-0.05, 0) is 0 Å². The summed E-state index contributed by atoms with van der Waals surface area (Å²) in [5.41, 5.74) is 2.84. The molecular formula is C12H15NO2P2. The molecule has 0 saturated carbocycles. The molecule has 0 amide bonds. The van der Waals surface area contributed by atoms with E-state index in [1.165, 1.54) is 0 Å². The van der Waals surface area contributed by atoms with Crippen molar-refractivity contribution in [3.05, 3.63) is 54.4 Å². The van der Waals surface area contributed by atoms with Crippen LogP contribution in [-0.4, -0.2) is 14.8 Å². The predicted octanol–water partition coefficient (Wildman–Crippen LogP) is 2.60. The Hall–Kier alpha value is -0.850. The fourth-order valence-corrected chi connectivity index (χ4v) is 2.97. The molecule has 3 nitrogen and oxygen atoms in total. The molecule has 0 saturated heterocycles. The second kappa shape index (κ2) is 5.20. The topological polar surface area (TPSA) is 53.4 Å². The van der Waals surface area contributed by atoms with Crippen LogP contribution in [0.1, 0.15) is 5.69 Å². The van der Waals surface area contributed by atoms with Crippen molar-refractivity contribution >= 4 is 16.3 Å². The van der Waals surface area contributed by atoms with Crippen LogP contribution in [-0.2, 0) is 6.16 Å². The molecule has 1 aromatic carbocycles. The summed E-state index contributed by atoms with van der Waals surface area (Å²) in [6.45, 7) is 0. The Bertz CT molecular complexity index is 480. The minimum absolute atomic E-state index is 0.229. The third-order valence-corrected chi connectivity index (χ3v) is 3.87. The molecule has 0 aliphatic carbocycles. The third-order valence-electron chi connectivity index (χ3n) is 2.37. The van der Waals surface area contributed by atoms with Crippen molar-refractivity contribution < 1.29 is 9.79 Å². The van der Waals surface area contributed by atoms with Gasteiger partial charge in [0, 0.05) is 0 Å². The van der Waals surface area contributed by atoms with E-state index in [2.05, 4.69) is 13.9 Å². The number of nitrogens with zero attached hydrogens (tertiary/aromatic N) is 1. The molecule has 1 heterocycles. The quantitative estimate of drug-likeness (QED) is 0.840. The number of hydrogen-bond acceptors (Lipinski definition) is 3. The fourth-order valence-electron chi connectivity index (χ4n) is 1.60. The minimum atomic E-state index is -3.14. The molecule has 1 atom stereocenters. The first-order valence-electron chi connectivity index (χ1n) is 5.28. The zero-order valence-corrected chi connectivity index (χ0v) is 11.4. The van der Waals surface area contributed by atoms with Gasteiger partial charge < -0.3 is 0 Å². The second-order valence-corrected chi connectivity index (χ2v) is 8.84. The Morgan fingerprint density at radius 2 is 1.71 bits per heavy atom. The Kier molecular flexibility index (Phi) is 3.86. The first-order valence-corrected chi connectivity index (χ1v) is 9.20. The van der Waals surface area contributed by atoms with Gasteiger partial charge in [0.05, 0.1) is 0 Å². The van der Waals surface area contributed by atoms with Crippen LogP contribution in [0.15, 0.2) is 48.7 Å². The normalized spacial score (nSPS) is 12.4. The van der Waals surface area contributed by atoms with Gasteiger partial charge >= 0.3 is 103 Å². The number of pyridine rings is 1. The van der Waals surface area contributed by atoms with Crippen molar-refractivity contribution in [2.24, 2.45) is 0 Å². The van der Waals surface area contributed by atoms with Crippen LogP contribution in [0.3, 0.4) is 0 Å². The van der Waals surface area contributed by atoms with Gasteiger partial charge in [-0.3, -0.25) is 0 Å². The summed E-state index contributed by atoms with van der Waals surface area (Å²) >= 11 is 0. The summed E-state index contributed by atoms with van der Waals surface area (Å²) in [4.78, 5) is 23.0. The van der Waals surface area contributed by atoms with E-state index in [4.69, 9.17) is 0 Å². The number of benzene rings is 1. The summed E-state index contributed by atoms with van der Waals surface area (Å²) in [7, 11) is -1.03. The predicted molar refractivity (Wildman–Crippen MR) is 75.8 cm³/mol. The van der Waals surface area contributed by atoms with Crippen molar-refractivity contribution in [1.29, 1.82) is 0 Å². The summed E-state index contributed by atoms with van der Waals surface area (Å²) in [5, 5.41) is 0. The van der Waals surface area contributed by atoms with Crippen molar-refractivity contribution in [2.75, 3.05) is 0 Å². The first kappa shape index (κ1) is 12.6. The number of rotatable bonds is 3. The average Bonchev–Trinajstić information content (AvgIpc) is 2.29. The molecule has 1 aromatic heterocycles. The van der Waals surface area contributed by atoms with E-state index >= 15 is 0 Å². The van der Waals surface area contributed by atoms with Gasteiger partial charge in [-0.1, -0.05) is 0 Å². The van der Waals surface area contributed by atoms with E-state index < -0.39 is 7.40 Å². The average molecular weight is 267 g/mol. The van der Waals surface area contributed by atoms with Gasteiger partial charge in [0.25, 0.3) is 0 Å².